The van der Waals surface area contributed by atoms with Crippen LogP contribution in [0.15, 0.2) is 23.4 Å². The van der Waals surface area contributed by atoms with Crippen molar-refractivity contribution in [2.75, 3.05) is 33.4 Å². The summed E-state index contributed by atoms with van der Waals surface area (Å²) in [4.78, 5) is 2.47. The van der Waals surface area contributed by atoms with Gasteiger partial charge in [-0.25, -0.2) is 0 Å². The summed E-state index contributed by atoms with van der Waals surface area (Å²) in [5.41, 5.74) is 0.282. The average Bonchev–Trinajstić information content (AvgIpc) is 2.73. The number of allylic oxidation sites excluding steroid dienone is 1. The van der Waals surface area contributed by atoms with E-state index in [2.05, 4.69) is 44.7 Å². The number of likely N-dealkylation sites (tertiary alicyclic amines) is 1. The maximum Gasteiger partial charge on any atom is 0.498 e. The monoisotopic (exact) mass is 349 g/mol. The van der Waals surface area contributed by atoms with E-state index in [4.69, 9.17) is 18.8 Å². The van der Waals surface area contributed by atoms with E-state index in [0.29, 0.717) is 0 Å². The average molecular weight is 349 g/mol. The van der Waals surface area contributed by atoms with Crippen LogP contribution in [0.4, 0.5) is 0 Å². The van der Waals surface area contributed by atoms with E-state index in [1.165, 1.54) is 19.5 Å². The van der Waals surface area contributed by atoms with Gasteiger partial charge in [0.15, 0.2) is 0 Å². The summed E-state index contributed by atoms with van der Waals surface area (Å²) in [5.74, 6) is 0.803. The predicted octanol–water partition coefficient (Wildman–Crippen LogP) is 2.96. The minimum atomic E-state index is -0.386. The van der Waals surface area contributed by atoms with Crippen molar-refractivity contribution in [3.63, 3.8) is 0 Å². The van der Waals surface area contributed by atoms with Gasteiger partial charge in [0.25, 0.3) is 0 Å². The fourth-order valence-corrected chi connectivity index (χ4v) is 3.29. The van der Waals surface area contributed by atoms with E-state index in [9.17, 15) is 0 Å². The van der Waals surface area contributed by atoms with Crippen LogP contribution in [0.1, 0.15) is 47.0 Å². The lowest BCUT2D eigenvalue weighted by Crippen LogP contribution is -2.41. The smallest absolute Gasteiger partial charge is 0.497 e. The van der Waals surface area contributed by atoms with Crippen LogP contribution >= 0.6 is 0 Å². The molecule has 0 bridgehead atoms. The molecule has 2 fully saturated rings. The lowest BCUT2D eigenvalue weighted by molar-refractivity contribution is 0.00578. The molecular formula is C19H32BNO4. The Bertz CT molecular complexity index is 524. The minimum Gasteiger partial charge on any atom is -0.497 e. The molecule has 0 aromatic heterocycles. The SMILES string of the molecule is COC1=CC(OCCCN2CCC2)CC=C1B1OC(C)(C)C(C)(C)O1. The maximum atomic E-state index is 6.16. The topological polar surface area (TPSA) is 40.2 Å². The molecule has 3 rings (SSSR count). The van der Waals surface area contributed by atoms with E-state index < -0.39 is 0 Å². The van der Waals surface area contributed by atoms with E-state index in [-0.39, 0.29) is 24.4 Å². The summed E-state index contributed by atoms with van der Waals surface area (Å²) >= 11 is 0. The molecule has 1 atom stereocenters. The number of nitrogens with zero attached hydrogens (tertiary/aromatic N) is 1. The molecule has 6 heteroatoms. The molecule has 1 aliphatic carbocycles. The minimum absolute atomic E-state index is 0.0671. The Kier molecular flexibility index (Phi) is 5.64. The summed E-state index contributed by atoms with van der Waals surface area (Å²) in [6, 6.07) is 0. The van der Waals surface area contributed by atoms with Crippen LogP contribution in [0.5, 0.6) is 0 Å². The van der Waals surface area contributed by atoms with Crippen LogP contribution < -0.4 is 0 Å². The van der Waals surface area contributed by atoms with Crippen molar-refractivity contribution in [2.24, 2.45) is 0 Å². The molecule has 3 aliphatic rings. The Hall–Kier alpha value is -0.815. The number of hydrogen-bond donors (Lipinski definition) is 0. The van der Waals surface area contributed by atoms with Crippen molar-refractivity contribution in [1.82, 2.24) is 4.90 Å². The zero-order valence-electron chi connectivity index (χ0n) is 16.3. The molecule has 2 aliphatic heterocycles. The third kappa shape index (κ3) is 4.13. The molecule has 0 aromatic carbocycles. The van der Waals surface area contributed by atoms with Gasteiger partial charge in [-0.05, 0) is 66.1 Å². The summed E-state index contributed by atoms with van der Waals surface area (Å²) in [7, 11) is 1.31. The molecule has 0 amide bonds. The Labute approximate surface area is 152 Å². The first-order valence-corrected chi connectivity index (χ1v) is 9.48. The Morgan fingerprint density at radius 2 is 1.88 bits per heavy atom. The van der Waals surface area contributed by atoms with Crippen molar-refractivity contribution < 1.29 is 18.8 Å². The van der Waals surface area contributed by atoms with E-state index in [1.807, 2.05) is 0 Å². The summed E-state index contributed by atoms with van der Waals surface area (Å²) in [5, 5.41) is 0. The molecule has 0 aromatic rings. The van der Waals surface area contributed by atoms with Gasteiger partial charge < -0.3 is 23.7 Å². The van der Waals surface area contributed by atoms with Crippen LogP contribution in [0.2, 0.25) is 0 Å². The second kappa shape index (κ2) is 7.43. The number of hydrogen-bond acceptors (Lipinski definition) is 5. The third-order valence-corrected chi connectivity index (χ3v) is 5.82. The highest BCUT2D eigenvalue weighted by atomic mass is 16.7. The van der Waals surface area contributed by atoms with Crippen LogP contribution in [-0.4, -0.2) is 62.7 Å². The third-order valence-electron chi connectivity index (χ3n) is 5.82. The highest BCUT2D eigenvalue weighted by Gasteiger charge is 2.53. The molecular weight excluding hydrogens is 317 g/mol. The normalized spacial score (nSPS) is 28.4. The summed E-state index contributed by atoms with van der Waals surface area (Å²) in [6.45, 7) is 12.7. The van der Waals surface area contributed by atoms with Crippen LogP contribution in [0.25, 0.3) is 0 Å². The molecule has 0 spiro atoms. The van der Waals surface area contributed by atoms with Crippen LogP contribution in [-0.2, 0) is 18.8 Å². The molecule has 0 radical (unpaired) electrons. The highest BCUT2D eigenvalue weighted by molar-refractivity contribution is 6.56. The van der Waals surface area contributed by atoms with Crippen LogP contribution in [0, 0.1) is 0 Å². The van der Waals surface area contributed by atoms with Gasteiger partial charge in [0.05, 0.1) is 24.4 Å². The zero-order chi connectivity index (χ0) is 18.1. The summed E-state index contributed by atoms with van der Waals surface area (Å²) in [6.07, 6.45) is 7.52. The fraction of sp³-hybridized carbons (Fsp3) is 0.789. The fourth-order valence-electron chi connectivity index (χ4n) is 3.29. The molecule has 5 nitrogen and oxygen atoms in total. The number of rotatable bonds is 7. The Balaban J connectivity index is 1.53. The zero-order valence-corrected chi connectivity index (χ0v) is 16.3. The van der Waals surface area contributed by atoms with Crippen molar-refractivity contribution >= 4 is 7.12 Å². The molecule has 2 heterocycles. The molecule has 1 unspecified atom stereocenters. The molecule has 25 heavy (non-hydrogen) atoms. The van der Waals surface area contributed by atoms with E-state index >= 15 is 0 Å². The first-order chi connectivity index (χ1) is 11.8. The molecule has 0 N–H and O–H groups in total. The molecule has 140 valence electrons. The maximum absolute atomic E-state index is 6.16. The standard InChI is InChI=1S/C19H32BNO4/c1-18(2)19(3,4)25-20(24-18)16-9-8-15(14-17(16)22-5)23-13-7-12-21-10-6-11-21/h9,14-15H,6-8,10-13H2,1-5H3. The van der Waals surface area contributed by atoms with Gasteiger partial charge in [0.1, 0.15) is 5.76 Å². The van der Waals surface area contributed by atoms with Crippen LogP contribution in [0.3, 0.4) is 0 Å². The van der Waals surface area contributed by atoms with Gasteiger partial charge in [0.2, 0.25) is 0 Å². The quantitative estimate of drug-likeness (QED) is 0.522. The Morgan fingerprint density at radius 1 is 1.20 bits per heavy atom. The second-order valence-corrected chi connectivity index (χ2v) is 8.18. The summed E-state index contributed by atoms with van der Waals surface area (Å²) < 4.78 is 23.9. The van der Waals surface area contributed by atoms with Gasteiger partial charge in [-0.2, -0.15) is 0 Å². The van der Waals surface area contributed by atoms with Crippen molar-refractivity contribution in [3.05, 3.63) is 23.4 Å². The van der Waals surface area contributed by atoms with Gasteiger partial charge in [-0.3, -0.25) is 0 Å². The van der Waals surface area contributed by atoms with E-state index in [0.717, 1.165) is 37.2 Å². The lowest BCUT2D eigenvalue weighted by atomic mass is 9.74. The number of ether oxygens (including phenoxy) is 2. The van der Waals surface area contributed by atoms with Gasteiger partial charge in [-0.1, -0.05) is 6.08 Å². The first kappa shape index (κ1) is 19.0. The van der Waals surface area contributed by atoms with Crippen molar-refractivity contribution in [1.29, 1.82) is 0 Å². The molecule has 2 saturated heterocycles. The van der Waals surface area contributed by atoms with Gasteiger partial charge in [0, 0.05) is 18.6 Å². The van der Waals surface area contributed by atoms with Gasteiger partial charge >= 0.3 is 7.12 Å². The van der Waals surface area contributed by atoms with Crippen molar-refractivity contribution in [2.45, 2.75) is 64.3 Å². The molecule has 0 saturated carbocycles. The number of methoxy groups -OCH3 is 1. The Morgan fingerprint density at radius 3 is 2.44 bits per heavy atom. The predicted molar refractivity (Wildman–Crippen MR) is 99.3 cm³/mol. The highest BCUT2D eigenvalue weighted by Crippen LogP contribution is 2.40. The lowest BCUT2D eigenvalue weighted by Gasteiger charge is -2.32. The van der Waals surface area contributed by atoms with Crippen molar-refractivity contribution in [3.8, 4) is 0 Å². The first-order valence-electron chi connectivity index (χ1n) is 9.48. The van der Waals surface area contributed by atoms with Gasteiger partial charge in [-0.15, -0.1) is 0 Å². The largest absolute Gasteiger partial charge is 0.498 e. The van der Waals surface area contributed by atoms with E-state index in [1.54, 1.807) is 7.11 Å². The second-order valence-electron chi connectivity index (χ2n) is 8.18.